The molecule has 0 bridgehead atoms. The molecule has 2 unspecified atom stereocenters. The van der Waals surface area contributed by atoms with E-state index in [1.807, 2.05) is 36.1 Å². The Morgan fingerprint density at radius 3 is 2.85 bits per heavy atom. The number of nitrogens with zero attached hydrogens (tertiary/aromatic N) is 1. The molecule has 1 saturated heterocycles. The first-order valence-corrected chi connectivity index (χ1v) is 8.17. The van der Waals surface area contributed by atoms with Crippen LogP contribution in [0.15, 0.2) is 29.2 Å². The molecule has 20 heavy (non-hydrogen) atoms. The average Bonchev–Trinajstić information content (AvgIpc) is 2.89. The number of likely N-dealkylation sites (tertiary alicyclic amines) is 1. The fourth-order valence-electron chi connectivity index (χ4n) is 2.48. The molecule has 5 heteroatoms. The Balaban J connectivity index is 1.87. The van der Waals surface area contributed by atoms with Crippen molar-refractivity contribution in [2.45, 2.75) is 29.9 Å². The Morgan fingerprint density at radius 1 is 1.50 bits per heavy atom. The lowest BCUT2D eigenvalue weighted by atomic mass is 10.1. The van der Waals surface area contributed by atoms with E-state index in [4.69, 9.17) is 16.7 Å². The Hall–Kier alpha value is -0.710. The molecule has 2 atom stereocenters. The summed E-state index contributed by atoms with van der Waals surface area (Å²) in [5, 5.41) is 9.57. The maximum atomic E-state index is 12.4. The summed E-state index contributed by atoms with van der Waals surface area (Å²) in [6.07, 6.45) is 1.80. The van der Waals surface area contributed by atoms with Crippen LogP contribution in [0.2, 0.25) is 5.02 Å². The second-order valence-electron chi connectivity index (χ2n) is 5.17. The zero-order chi connectivity index (χ0) is 14.5. The van der Waals surface area contributed by atoms with Crippen molar-refractivity contribution in [3.63, 3.8) is 0 Å². The lowest BCUT2D eigenvalue weighted by molar-refractivity contribution is -0.129. The monoisotopic (exact) mass is 313 g/mol. The van der Waals surface area contributed by atoms with Crippen LogP contribution in [-0.2, 0) is 4.79 Å². The van der Waals surface area contributed by atoms with Crippen LogP contribution >= 0.6 is 23.4 Å². The van der Waals surface area contributed by atoms with Gasteiger partial charge in [0, 0.05) is 29.6 Å². The van der Waals surface area contributed by atoms with Gasteiger partial charge in [0.1, 0.15) is 0 Å². The molecule has 0 aliphatic carbocycles. The second kappa shape index (κ2) is 7.34. The molecular weight excluding hydrogens is 294 g/mol. The number of carbonyl (C=O) groups is 1. The second-order valence-corrected chi connectivity index (χ2v) is 7.02. The molecule has 110 valence electrons. The van der Waals surface area contributed by atoms with Crippen LogP contribution < -0.4 is 0 Å². The normalized spacial score (nSPS) is 20.1. The number of rotatable bonds is 5. The highest BCUT2D eigenvalue weighted by molar-refractivity contribution is 8.00. The van der Waals surface area contributed by atoms with E-state index in [0.29, 0.717) is 10.9 Å². The molecule has 1 N–H and O–H groups in total. The zero-order valence-electron chi connectivity index (χ0n) is 11.6. The van der Waals surface area contributed by atoms with Crippen LogP contribution in [0.25, 0.3) is 0 Å². The van der Waals surface area contributed by atoms with Crippen LogP contribution in [-0.4, -0.2) is 40.9 Å². The topological polar surface area (TPSA) is 40.5 Å². The van der Waals surface area contributed by atoms with Gasteiger partial charge >= 0.3 is 0 Å². The van der Waals surface area contributed by atoms with Crippen molar-refractivity contribution < 1.29 is 9.90 Å². The molecule has 1 aromatic carbocycles. The highest BCUT2D eigenvalue weighted by Crippen LogP contribution is 2.28. The average molecular weight is 314 g/mol. The molecule has 1 amide bonds. The number of halogens is 1. The molecule has 2 rings (SSSR count). The van der Waals surface area contributed by atoms with Gasteiger partial charge in [-0.05, 0) is 49.9 Å². The largest absolute Gasteiger partial charge is 0.396 e. The summed E-state index contributed by atoms with van der Waals surface area (Å²) in [7, 11) is 0. The number of benzene rings is 1. The minimum absolute atomic E-state index is 0.0935. The van der Waals surface area contributed by atoms with Gasteiger partial charge in [-0.2, -0.15) is 0 Å². The van der Waals surface area contributed by atoms with Crippen LogP contribution in [0.5, 0.6) is 0 Å². The molecule has 1 aromatic rings. The molecule has 1 heterocycles. The first-order valence-electron chi connectivity index (χ1n) is 6.92. The third-order valence-corrected chi connectivity index (χ3v) is 4.96. The van der Waals surface area contributed by atoms with E-state index in [-0.39, 0.29) is 17.8 Å². The third-order valence-electron chi connectivity index (χ3n) is 3.61. The van der Waals surface area contributed by atoms with Gasteiger partial charge < -0.3 is 10.0 Å². The zero-order valence-corrected chi connectivity index (χ0v) is 13.2. The number of aliphatic hydroxyl groups excluding tert-OH is 1. The predicted molar refractivity (Wildman–Crippen MR) is 83.2 cm³/mol. The molecule has 1 aliphatic heterocycles. The van der Waals surface area contributed by atoms with Crippen molar-refractivity contribution in [1.82, 2.24) is 4.90 Å². The highest BCUT2D eigenvalue weighted by atomic mass is 35.5. The van der Waals surface area contributed by atoms with Gasteiger partial charge in [-0.1, -0.05) is 11.6 Å². The smallest absolute Gasteiger partial charge is 0.235 e. The summed E-state index contributed by atoms with van der Waals surface area (Å²) in [5.41, 5.74) is 0. The van der Waals surface area contributed by atoms with E-state index in [1.54, 1.807) is 11.8 Å². The minimum Gasteiger partial charge on any atom is -0.396 e. The maximum Gasteiger partial charge on any atom is 0.235 e. The van der Waals surface area contributed by atoms with E-state index in [1.165, 1.54) is 0 Å². The van der Waals surface area contributed by atoms with Gasteiger partial charge in [-0.3, -0.25) is 4.79 Å². The fourth-order valence-corrected chi connectivity index (χ4v) is 3.55. The van der Waals surface area contributed by atoms with Gasteiger partial charge in [-0.25, -0.2) is 0 Å². The number of thioether (sulfide) groups is 1. The van der Waals surface area contributed by atoms with Crippen LogP contribution in [0.1, 0.15) is 19.8 Å². The summed E-state index contributed by atoms with van der Waals surface area (Å²) in [6, 6.07) is 7.56. The molecule has 0 spiro atoms. The SMILES string of the molecule is CC(Sc1ccc(Cl)cc1)C(=O)N1CCC(CCO)C1. The Kier molecular flexibility index (Phi) is 5.75. The van der Waals surface area contributed by atoms with Crippen molar-refractivity contribution >= 4 is 29.3 Å². The number of hydrogen-bond donors (Lipinski definition) is 1. The van der Waals surface area contributed by atoms with E-state index < -0.39 is 0 Å². The molecule has 0 aromatic heterocycles. The van der Waals surface area contributed by atoms with E-state index in [9.17, 15) is 4.79 Å². The van der Waals surface area contributed by atoms with Gasteiger partial charge in [-0.15, -0.1) is 11.8 Å². The van der Waals surface area contributed by atoms with Gasteiger partial charge in [0.25, 0.3) is 0 Å². The number of hydrogen-bond acceptors (Lipinski definition) is 3. The van der Waals surface area contributed by atoms with E-state index in [0.717, 1.165) is 30.8 Å². The minimum atomic E-state index is -0.0935. The van der Waals surface area contributed by atoms with Crippen molar-refractivity contribution in [3.05, 3.63) is 29.3 Å². The van der Waals surface area contributed by atoms with Crippen molar-refractivity contribution in [3.8, 4) is 0 Å². The van der Waals surface area contributed by atoms with Crippen molar-refractivity contribution in [2.24, 2.45) is 5.92 Å². The molecule has 1 aliphatic rings. The fraction of sp³-hybridized carbons (Fsp3) is 0.533. The van der Waals surface area contributed by atoms with E-state index >= 15 is 0 Å². The van der Waals surface area contributed by atoms with Gasteiger partial charge in [0.15, 0.2) is 0 Å². The number of aliphatic hydroxyl groups is 1. The Morgan fingerprint density at radius 2 is 2.20 bits per heavy atom. The summed E-state index contributed by atoms with van der Waals surface area (Å²) >= 11 is 7.42. The first kappa shape index (κ1) is 15.7. The van der Waals surface area contributed by atoms with Crippen LogP contribution in [0.3, 0.4) is 0 Å². The number of carbonyl (C=O) groups excluding carboxylic acids is 1. The van der Waals surface area contributed by atoms with Crippen molar-refractivity contribution in [2.75, 3.05) is 19.7 Å². The van der Waals surface area contributed by atoms with Crippen LogP contribution in [0.4, 0.5) is 0 Å². The summed E-state index contributed by atoms with van der Waals surface area (Å²) in [4.78, 5) is 15.4. The summed E-state index contributed by atoms with van der Waals surface area (Å²) in [5.74, 6) is 0.641. The highest BCUT2D eigenvalue weighted by Gasteiger charge is 2.28. The molecule has 0 radical (unpaired) electrons. The number of amides is 1. The maximum absolute atomic E-state index is 12.4. The first-order chi connectivity index (χ1) is 9.60. The lowest BCUT2D eigenvalue weighted by Crippen LogP contribution is -2.34. The lowest BCUT2D eigenvalue weighted by Gasteiger charge is -2.20. The van der Waals surface area contributed by atoms with Gasteiger partial charge in [0.2, 0.25) is 5.91 Å². The van der Waals surface area contributed by atoms with Crippen molar-refractivity contribution in [1.29, 1.82) is 0 Å². The van der Waals surface area contributed by atoms with Gasteiger partial charge in [0.05, 0.1) is 5.25 Å². The molecule has 1 fully saturated rings. The summed E-state index contributed by atoms with van der Waals surface area (Å²) < 4.78 is 0. The quantitative estimate of drug-likeness (QED) is 0.849. The Bertz CT molecular complexity index is 452. The molecule has 3 nitrogen and oxygen atoms in total. The molecular formula is C15H20ClNO2S. The third kappa shape index (κ3) is 4.14. The molecule has 0 saturated carbocycles. The van der Waals surface area contributed by atoms with Crippen LogP contribution in [0, 0.1) is 5.92 Å². The Labute approximate surface area is 129 Å². The summed E-state index contributed by atoms with van der Waals surface area (Å²) in [6.45, 7) is 3.75. The predicted octanol–water partition coefficient (Wildman–Crippen LogP) is 3.05. The standard InChI is InChI=1S/C15H20ClNO2S/c1-11(20-14-4-2-13(16)3-5-14)15(19)17-8-6-12(10-17)7-9-18/h2-5,11-12,18H,6-10H2,1H3. The van der Waals surface area contributed by atoms with E-state index in [2.05, 4.69) is 0 Å².